The van der Waals surface area contributed by atoms with Crippen LogP contribution in [0.2, 0.25) is 0 Å². The molecule has 1 aliphatic carbocycles. The molecule has 0 saturated heterocycles. The summed E-state index contributed by atoms with van der Waals surface area (Å²) in [6.45, 7) is 0.482. The standard InChI is InChI=1S/C39H42FN11O5/c1-41-31-18-29(47-51-34(20-44-36(31)51)38(55)46-30-17-28(30)40)25-19-45-49(21-25)26-10-8-24(9-11-26)37(54)43-15-5-4-6-23-7-13-32-33(16-23)48(3)39(56)50(32)27(22-52)12-14-35(53)42-2/h7-11,13,16,18-22,27-28,30,41H,4-6,12,14-15,17H2,1-3H3,(H,42,53)(H,43,54)(H,46,55)/t27?,28-,30+/m0/s1. The number of carbonyl (C=O) groups is 4. The van der Waals surface area contributed by atoms with Crippen molar-refractivity contribution in [3.63, 3.8) is 0 Å². The number of aromatic nitrogens is 7. The summed E-state index contributed by atoms with van der Waals surface area (Å²) in [5.41, 5.74) is 5.81. The van der Waals surface area contributed by atoms with Gasteiger partial charge >= 0.3 is 5.69 Å². The summed E-state index contributed by atoms with van der Waals surface area (Å²) in [5, 5.41) is 20.4. The molecule has 16 nitrogen and oxygen atoms in total. The van der Waals surface area contributed by atoms with Gasteiger partial charge in [0, 0.05) is 57.9 Å². The fraction of sp³-hybridized carbons (Fsp3) is 0.333. The first-order valence-electron chi connectivity index (χ1n) is 18.4. The van der Waals surface area contributed by atoms with Crippen molar-refractivity contribution in [1.29, 1.82) is 0 Å². The van der Waals surface area contributed by atoms with Gasteiger partial charge in [-0.15, -0.1) is 0 Å². The van der Waals surface area contributed by atoms with E-state index in [1.54, 1.807) is 55.4 Å². The molecule has 7 rings (SSSR count). The van der Waals surface area contributed by atoms with Crippen molar-refractivity contribution < 1.29 is 23.6 Å². The number of hydrogen-bond donors (Lipinski definition) is 4. The van der Waals surface area contributed by atoms with Crippen molar-refractivity contribution in [3.05, 3.63) is 94.4 Å². The second-order valence-electron chi connectivity index (χ2n) is 13.8. The van der Waals surface area contributed by atoms with Crippen molar-refractivity contribution in [2.45, 2.75) is 56.8 Å². The lowest BCUT2D eigenvalue weighted by atomic mass is 10.1. The van der Waals surface area contributed by atoms with Gasteiger partial charge in [-0.3, -0.25) is 23.5 Å². The maximum atomic E-state index is 13.4. The Kier molecular flexibility index (Phi) is 10.7. The summed E-state index contributed by atoms with van der Waals surface area (Å²) in [5.74, 6) is -0.841. The highest BCUT2D eigenvalue weighted by atomic mass is 19.1. The Hall–Kier alpha value is -6.65. The van der Waals surface area contributed by atoms with E-state index >= 15 is 0 Å². The van der Waals surface area contributed by atoms with Gasteiger partial charge in [-0.25, -0.2) is 23.4 Å². The van der Waals surface area contributed by atoms with Crippen molar-refractivity contribution in [1.82, 2.24) is 49.5 Å². The van der Waals surface area contributed by atoms with Gasteiger partial charge in [0.2, 0.25) is 5.91 Å². The van der Waals surface area contributed by atoms with Crippen molar-refractivity contribution >= 4 is 46.4 Å². The molecule has 56 heavy (non-hydrogen) atoms. The predicted octanol–water partition coefficient (Wildman–Crippen LogP) is 3.14. The number of nitrogens with one attached hydrogen (secondary N) is 4. The molecular weight excluding hydrogens is 721 g/mol. The van der Waals surface area contributed by atoms with E-state index in [4.69, 9.17) is 0 Å². The number of unbranched alkanes of at least 4 members (excludes halogenated alkanes) is 1. The molecule has 4 N–H and O–H groups in total. The van der Waals surface area contributed by atoms with E-state index in [0.29, 0.717) is 58.4 Å². The van der Waals surface area contributed by atoms with Crippen LogP contribution in [0.4, 0.5) is 10.1 Å². The molecule has 4 heterocycles. The van der Waals surface area contributed by atoms with Crippen LogP contribution >= 0.6 is 0 Å². The first kappa shape index (κ1) is 37.7. The first-order valence-corrected chi connectivity index (χ1v) is 18.4. The van der Waals surface area contributed by atoms with E-state index in [0.717, 1.165) is 30.5 Å². The van der Waals surface area contributed by atoms with Gasteiger partial charge in [0.05, 0.1) is 52.6 Å². The molecule has 1 fully saturated rings. The number of halogens is 1. The summed E-state index contributed by atoms with van der Waals surface area (Å²) in [6, 6.07) is 13.3. The molecule has 3 atom stereocenters. The number of aldehydes is 1. The van der Waals surface area contributed by atoms with Crippen LogP contribution in [0.15, 0.2) is 71.9 Å². The lowest BCUT2D eigenvalue weighted by Gasteiger charge is -2.12. The number of fused-ring (bicyclic) bond motifs is 2. The molecule has 0 spiro atoms. The summed E-state index contributed by atoms with van der Waals surface area (Å²) >= 11 is 0. The Bertz CT molecular complexity index is 2500. The third kappa shape index (κ3) is 7.65. The van der Waals surface area contributed by atoms with Crippen LogP contribution in [0.25, 0.3) is 33.6 Å². The molecule has 2 aromatic carbocycles. The Labute approximate surface area is 320 Å². The minimum absolute atomic E-state index is 0.134. The number of aryl methyl sites for hydroxylation is 2. The zero-order valence-electron chi connectivity index (χ0n) is 31.2. The number of imidazole rings is 2. The van der Waals surface area contributed by atoms with Gasteiger partial charge in [0.25, 0.3) is 11.8 Å². The molecule has 4 aromatic heterocycles. The summed E-state index contributed by atoms with van der Waals surface area (Å²) < 4.78 is 19.5. The topological polar surface area (TPSA) is 191 Å². The molecule has 0 bridgehead atoms. The summed E-state index contributed by atoms with van der Waals surface area (Å²) in [7, 11) is 4.94. The Morgan fingerprint density at radius 3 is 2.52 bits per heavy atom. The third-order valence-corrected chi connectivity index (χ3v) is 10.0. The van der Waals surface area contributed by atoms with Gasteiger partial charge < -0.3 is 26.1 Å². The van der Waals surface area contributed by atoms with Crippen LogP contribution in [-0.4, -0.2) is 90.4 Å². The number of rotatable bonds is 16. The van der Waals surface area contributed by atoms with E-state index in [2.05, 4.69) is 36.4 Å². The fourth-order valence-corrected chi connectivity index (χ4v) is 6.67. The zero-order chi connectivity index (χ0) is 39.5. The van der Waals surface area contributed by atoms with Crippen molar-refractivity contribution in [2.24, 2.45) is 7.05 Å². The average Bonchev–Trinajstić information content (AvgIpc) is 3.54. The van der Waals surface area contributed by atoms with Crippen LogP contribution in [0, 0.1) is 0 Å². The second kappa shape index (κ2) is 16.0. The molecule has 1 unspecified atom stereocenters. The minimum Gasteiger partial charge on any atom is -0.385 e. The average molecular weight is 764 g/mol. The molecule has 290 valence electrons. The maximum Gasteiger partial charge on any atom is 0.329 e. The van der Waals surface area contributed by atoms with Crippen LogP contribution in [0.1, 0.15) is 64.6 Å². The second-order valence-corrected chi connectivity index (χ2v) is 13.8. The van der Waals surface area contributed by atoms with E-state index in [1.165, 1.54) is 26.9 Å². The van der Waals surface area contributed by atoms with Crippen LogP contribution in [0.5, 0.6) is 0 Å². The van der Waals surface area contributed by atoms with E-state index in [9.17, 15) is 28.4 Å². The zero-order valence-corrected chi connectivity index (χ0v) is 31.2. The molecule has 0 radical (unpaired) electrons. The lowest BCUT2D eigenvalue weighted by Crippen LogP contribution is -2.28. The van der Waals surface area contributed by atoms with Crippen LogP contribution in [-0.2, 0) is 23.1 Å². The molecule has 6 aromatic rings. The first-order chi connectivity index (χ1) is 27.1. The Balaban J connectivity index is 0.933. The van der Waals surface area contributed by atoms with Gasteiger partial charge in [-0.05, 0) is 73.7 Å². The predicted molar refractivity (Wildman–Crippen MR) is 207 cm³/mol. The number of carbonyl (C=O) groups excluding carboxylic acids is 4. The number of amides is 3. The normalized spacial score (nSPS) is 15.4. The Morgan fingerprint density at radius 1 is 1.02 bits per heavy atom. The molecule has 1 saturated carbocycles. The highest BCUT2D eigenvalue weighted by molar-refractivity contribution is 5.95. The minimum atomic E-state index is -1.03. The van der Waals surface area contributed by atoms with Crippen LogP contribution in [0.3, 0.4) is 0 Å². The monoisotopic (exact) mass is 763 g/mol. The number of hydrogen-bond acceptors (Lipinski definition) is 9. The number of nitrogens with zero attached hydrogens (tertiary/aromatic N) is 7. The van der Waals surface area contributed by atoms with E-state index in [-0.39, 0.29) is 36.0 Å². The molecule has 0 aliphatic heterocycles. The largest absolute Gasteiger partial charge is 0.385 e. The van der Waals surface area contributed by atoms with Crippen LogP contribution < -0.4 is 27.0 Å². The highest BCUT2D eigenvalue weighted by Gasteiger charge is 2.39. The Morgan fingerprint density at radius 2 is 1.80 bits per heavy atom. The third-order valence-electron chi connectivity index (χ3n) is 10.0. The van der Waals surface area contributed by atoms with E-state index in [1.807, 2.05) is 24.3 Å². The van der Waals surface area contributed by atoms with Crippen molar-refractivity contribution in [2.75, 3.05) is 26.0 Å². The number of alkyl halides is 1. The van der Waals surface area contributed by atoms with Gasteiger partial charge in [0.15, 0.2) is 11.3 Å². The molecule has 3 amide bonds. The van der Waals surface area contributed by atoms with Gasteiger partial charge in [-0.1, -0.05) is 6.07 Å². The maximum absolute atomic E-state index is 13.4. The molecule has 1 aliphatic rings. The number of benzene rings is 2. The van der Waals surface area contributed by atoms with Crippen molar-refractivity contribution in [3.8, 4) is 16.9 Å². The van der Waals surface area contributed by atoms with Gasteiger partial charge in [-0.2, -0.15) is 10.2 Å². The molecular formula is C39H42FN11O5. The number of anilines is 1. The summed E-state index contributed by atoms with van der Waals surface area (Å²) in [6.07, 6.45) is 7.47. The highest BCUT2D eigenvalue weighted by Crippen LogP contribution is 2.28. The van der Waals surface area contributed by atoms with E-state index < -0.39 is 24.2 Å². The quantitative estimate of drug-likeness (QED) is 0.0848. The SMILES string of the molecule is CNC(=O)CCC(C=O)n1c(=O)n(C)c2cc(CCCCNC(=O)c3ccc(-n4cc(-c5cc(NC)c6ncc(C(=O)N[C@@H]7C[C@@H]7F)n6n5)cn4)cc3)ccc21. The fourth-order valence-electron chi connectivity index (χ4n) is 6.67. The summed E-state index contributed by atoms with van der Waals surface area (Å²) in [4.78, 5) is 66.7. The smallest absolute Gasteiger partial charge is 0.329 e. The molecule has 17 heteroatoms. The lowest BCUT2D eigenvalue weighted by molar-refractivity contribution is -0.121. The van der Waals surface area contributed by atoms with Gasteiger partial charge in [0.1, 0.15) is 12.5 Å².